The molecule has 0 radical (unpaired) electrons. The molecule has 1 aromatic heterocycles. The summed E-state index contributed by atoms with van der Waals surface area (Å²) >= 11 is 2.18. The van der Waals surface area contributed by atoms with Gasteiger partial charge in [-0.15, -0.1) is 0 Å². The van der Waals surface area contributed by atoms with Gasteiger partial charge >= 0.3 is 25.0 Å². The first-order valence-electron chi connectivity index (χ1n) is 8.48. The van der Waals surface area contributed by atoms with Gasteiger partial charge in [-0.2, -0.15) is 0 Å². The maximum absolute atomic E-state index is 10.4. The van der Waals surface area contributed by atoms with E-state index < -0.39 is 18.2 Å². The van der Waals surface area contributed by atoms with E-state index in [2.05, 4.69) is 78.6 Å². The molecule has 28 heavy (non-hydrogen) atoms. The van der Waals surface area contributed by atoms with Crippen LogP contribution in [0.2, 0.25) is 19.6 Å². The molecule has 2 aromatic carbocycles. The minimum Gasteiger partial charge on any atom is -0.744 e. The summed E-state index contributed by atoms with van der Waals surface area (Å²) in [7, 11) is -5.56. The van der Waals surface area contributed by atoms with Crippen molar-refractivity contribution in [2.45, 2.75) is 31.5 Å². The predicted molar refractivity (Wildman–Crippen MR) is 117 cm³/mol. The summed E-state index contributed by atoms with van der Waals surface area (Å²) in [5, 5.41) is 1.22. The Morgan fingerprint density at radius 1 is 0.929 bits per heavy atom. The van der Waals surface area contributed by atoms with Gasteiger partial charge in [0.15, 0.2) is 3.57 Å². The largest absolute Gasteiger partial charge is 0.744 e. The molecule has 3 rings (SSSR count). The SMILES string of the molecule is C[Si](C)(C)c1ccc([I+]c2ccc(I)cc2)o1.Cc1ccc(S(=O)(=O)[O-])cc1. The number of benzene rings is 2. The van der Waals surface area contributed by atoms with Crippen molar-refractivity contribution in [2.24, 2.45) is 0 Å². The van der Waals surface area contributed by atoms with Crippen LogP contribution in [0.5, 0.6) is 0 Å². The highest BCUT2D eigenvalue weighted by molar-refractivity contribution is 14.1. The van der Waals surface area contributed by atoms with E-state index >= 15 is 0 Å². The maximum Gasteiger partial charge on any atom is 0.400 e. The van der Waals surface area contributed by atoms with E-state index in [9.17, 15) is 13.0 Å². The molecule has 0 N–H and O–H groups in total. The molecule has 3 aromatic rings. The average Bonchev–Trinajstić information content (AvgIpc) is 3.06. The highest BCUT2D eigenvalue weighted by Crippen LogP contribution is 2.08. The molecule has 0 aliphatic carbocycles. The van der Waals surface area contributed by atoms with Crippen molar-refractivity contribution in [2.75, 3.05) is 0 Å². The van der Waals surface area contributed by atoms with Gasteiger partial charge < -0.3 is 8.97 Å². The number of aryl methyl sites for hydroxylation is 1. The van der Waals surface area contributed by atoms with Crippen molar-refractivity contribution in [3.8, 4) is 0 Å². The molecular weight excluding hydrogens is 618 g/mol. The van der Waals surface area contributed by atoms with Crippen LogP contribution >= 0.6 is 22.6 Å². The molecule has 0 saturated heterocycles. The lowest BCUT2D eigenvalue weighted by molar-refractivity contribution is -0.617. The number of hydrogen-bond acceptors (Lipinski definition) is 4. The second kappa shape index (κ2) is 9.87. The molecule has 0 amide bonds. The zero-order valence-electron chi connectivity index (χ0n) is 16.1. The molecule has 0 aliphatic rings. The Morgan fingerprint density at radius 3 is 1.96 bits per heavy atom. The summed E-state index contributed by atoms with van der Waals surface area (Å²) in [6.07, 6.45) is 0. The van der Waals surface area contributed by atoms with Gasteiger partial charge in [-0.1, -0.05) is 37.3 Å². The van der Waals surface area contributed by atoms with Crippen LogP contribution in [0.4, 0.5) is 0 Å². The first-order valence-corrected chi connectivity index (χ1v) is 16.6. The van der Waals surface area contributed by atoms with Crippen LogP contribution in [-0.4, -0.2) is 21.0 Å². The van der Waals surface area contributed by atoms with Gasteiger partial charge in [0.1, 0.15) is 18.2 Å². The third-order valence-electron chi connectivity index (χ3n) is 3.63. The monoisotopic (exact) mass is 640 g/mol. The molecule has 0 atom stereocenters. The van der Waals surface area contributed by atoms with Crippen LogP contribution in [-0.2, 0) is 10.1 Å². The summed E-state index contributed by atoms with van der Waals surface area (Å²) in [5.41, 5.74) is 0.928. The van der Waals surface area contributed by atoms with Gasteiger partial charge in [0.25, 0.3) is 0 Å². The minimum absolute atomic E-state index is 0.159. The fourth-order valence-electron chi connectivity index (χ4n) is 2.07. The lowest BCUT2D eigenvalue weighted by atomic mass is 10.2. The topological polar surface area (TPSA) is 70.3 Å². The van der Waals surface area contributed by atoms with Crippen LogP contribution in [0, 0.1) is 17.8 Å². The van der Waals surface area contributed by atoms with Crippen molar-refractivity contribution in [3.63, 3.8) is 0 Å². The van der Waals surface area contributed by atoms with Gasteiger partial charge in [-0.3, -0.25) is 0 Å². The molecule has 0 aliphatic heterocycles. The summed E-state index contributed by atoms with van der Waals surface area (Å²) in [5.74, 6) is 0. The molecule has 8 heteroatoms. The molecule has 150 valence electrons. The second-order valence-corrected chi connectivity index (χ2v) is 17.6. The third-order valence-corrected chi connectivity index (χ3v) is 9.40. The standard InChI is InChI=1S/C13H15I2OSi.C7H8O3S/c1-17(2,3)13-9-8-12(16-13)15-11-6-4-10(14)5-7-11;1-6-2-4-7(5-3-6)11(8,9)10/h4-9H,1-3H3;2-5H,1H3,(H,8,9,10)/q+1;/p-1. The van der Waals surface area contributed by atoms with E-state index in [0.29, 0.717) is 0 Å². The number of hydrogen-bond donors (Lipinski definition) is 0. The molecule has 0 spiro atoms. The van der Waals surface area contributed by atoms with Crippen molar-refractivity contribution in [1.29, 1.82) is 0 Å². The van der Waals surface area contributed by atoms with Crippen LogP contribution in [0.3, 0.4) is 0 Å². The lowest BCUT2D eigenvalue weighted by Crippen LogP contribution is -3.61. The van der Waals surface area contributed by atoms with E-state index in [1.807, 2.05) is 6.92 Å². The Hall–Kier alpha value is -0.693. The smallest absolute Gasteiger partial charge is 0.400 e. The summed E-state index contributed by atoms with van der Waals surface area (Å²) in [6, 6.07) is 18.9. The molecule has 0 bridgehead atoms. The highest BCUT2D eigenvalue weighted by atomic mass is 127. The molecule has 1 heterocycles. The third kappa shape index (κ3) is 7.62. The molecule has 0 saturated carbocycles. The highest BCUT2D eigenvalue weighted by Gasteiger charge is 2.26. The van der Waals surface area contributed by atoms with E-state index in [0.717, 1.165) is 5.56 Å². The van der Waals surface area contributed by atoms with Gasteiger partial charge in [-0.05, 0) is 72.0 Å². The van der Waals surface area contributed by atoms with Crippen molar-refractivity contribution in [3.05, 3.63) is 77.1 Å². The Balaban J connectivity index is 0.000000221. The van der Waals surface area contributed by atoms with Gasteiger partial charge in [0.2, 0.25) is 0 Å². The fraction of sp³-hybridized carbons (Fsp3) is 0.200. The van der Waals surface area contributed by atoms with E-state index in [4.69, 9.17) is 4.42 Å². The van der Waals surface area contributed by atoms with E-state index in [1.54, 1.807) is 12.1 Å². The normalized spacial score (nSPS) is 11.6. The molecule has 0 fully saturated rings. The number of halogens is 2. The van der Waals surface area contributed by atoms with Crippen LogP contribution in [0.25, 0.3) is 0 Å². The Kier molecular flexibility index (Phi) is 8.32. The van der Waals surface area contributed by atoms with Gasteiger partial charge in [0, 0.05) is 9.64 Å². The first-order chi connectivity index (χ1) is 12.9. The maximum atomic E-state index is 10.4. The predicted octanol–water partition coefficient (Wildman–Crippen LogP) is 1.46. The van der Waals surface area contributed by atoms with Gasteiger partial charge in [-0.25, -0.2) is 8.42 Å². The summed E-state index contributed by atoms with van der Waals surface area (Å²) < 4.78 is 41.0. The zero-order chi connectivity index (χ0) is 20.9. The quantitative estimate of drug-likeness (QED) is 0.246. The number of rotatable bonds is 4. The second-order valence-electron chi connectivity index (χ2n) is 7.15. The Bertz CT molecular complexity index is 1010. The van der Waals surface area contributed by atoms with Crippen molar-refractivity contribution >= 4 is 46.2 Å². The molecule has 4 nitrogen and oxygen atoms in total. The Morgan fingerprint density at radius 2 is 1.50 bits per heavy atom. The van der Waals surface area contributed by atoms with Crippen LogP contribution in [0.1, 0.15) is 5.56 Å². The summed E-state index contributed by atoms with van der Waals surface area (Å²) in [6.45, 7) is 8.78. The first kappa shape index (κ1) is 23.6. The molecule has 0 unspecified atom stereocenters. The average molecular weight is 640 g/mol. The van der Waals surface area contributed by atoms with Crippen LogP contribution < -0.4 is 26.6 Å². The van der Waals surface area contributed by atoms with Crippen LogP contribution in [0.15, 0.2) is 70.0 Å². The number of furan rings is 1. The fourth-order valence-corrected chi connectivity index (χ4v) is 6.15. The van der Waals surface area contributed by atoms with E-state index in [1.165, 1.54) is 28.4 Å². The minimum atomic E-state index is -4.27. The van der Waals surface area contributed by atoms with E-state index in [-0.39, 0.29) is 26.1 Å². The Labute approximate surface area is 191 Å². The van der Waals surface area contributed by atoms with Crippen molar-refractivity contribution in [1.82, 2.24) is 0 Å². The zero-order valence-corrected chi connectivity index (χ0v) is 22.2. The lowest BCUT2D eigenvalue weighted by Gasteiger charge is -2.09. The van der Waals surface area contributed by atoms with Gasteiger partial charge in [0.05, 0.1) is 10.3 Å². The summed E-state index contributed by atoms with van der Waals surface area (Å²) in [4.78, 5) is -0.178. The molecular formula is C20H22I2O4SSi. The van der Waals surface area contributed by atoms with Crippen molar-refractivity contribution < 1.29 is 38.6 Å².